The summed E-state index contributed by atoms with van der Waals surface area (Å²) in [6, 6.07) is 23.4. The lowest BCUT2D eigenvalue weighted by molar-refractivity contribution is -0.142. The highest BCUT2D eigenvalue weighted by Crippen LogP contribution is 2.09. The first-order valence-corrected chi connectivity index (χ1v) is 15.2. The van der Waals surface area contributed by atoms with Crippen molar-refractivity contribution in [3.05, 3.63) is 108 Å². The molecular formula is C32H38N4O5S. The van der Waals surface area contributed by atoms with Gasteiger partial charge in [0.1, 0.15) is 18.1 Å². The number of carboxylic acid groups (broad SMARTS) is 1. The van der Waals surface area contributed by atoms with E-state index in [1.54, 1.807) is 24.3 Å². The second kappa shape index (κ2) is 17.0. The average Bonchev–Trinajstić information content (AvgIpc) is 2.99. The lowest BCUT2D eigenvalue weighted by Gasteiger charge is -2.25. The largest absolute Gasteiger partial charge is 0.480 e. The third-order valence-electron chi connectivity index (χ3n) is 6.69. The van der Waals surface area contributed by atoms with E-state index in [1.165, 1.54) is 11.8 Å². The fourth-order valence-electron chi connectivity index (χ4n) is 4.40. The third-order valence-corrected chi connectivity index (χ3v) is 7.34. The number of hydrogen-bond acceptors (Lipinski definition) is 6. The molecule has 6 N–H and O–H groups in total. The van der Waals surface area contributed by atoms with E-state index in [4.69, 9.17) is 5.73 Å². The molecule has 0 heterocycles. The van der Waals surface area contributed by atoms with Crippen LogP contribution in [-0.2, 0) is 38.4 Å². The zero-order valence-electron chi connectivity index (χ0n) is 23.6. The van der Waals surface area contributed by atoms with Crippen molar-refractivity contribution in [1.29, 1.82) is 0 Å². The van der Waals surface area contributed by atoms with Crippen LogP contribution < -0.4 is 21.7 Å². The number of rotatable bonds is 16. The van der Waals surface area contributed by atoms with Crippen LogP contribution in [0, 0.1) is 0 Å². The Morgan fingerprint density at radius 1 is 0.643 bits per heavy atom. The van der Waals surface area contributed by atoms with Crippen LogP contribution in [0.4, 0.5) is 0 Å². The number of hydrogen-bond donors (Lipinski definition) is 5. The summed E-state index contributed by atoms with van der Waals surface area (Å²) in [5.41, 5.74) is 8.58. The molecule has 3 aromatic carbocycles. The molecule has 0 spiro atoms. The van der Waals surface area contributed by atoms with E-state index in [0.717, 1.165) is 16.7 Å². The number of amides is 3. The molecule has 4 unspecified atom stereocenters. The SMILES string of the molecule is CSCCC(NC(=O)C(N)Cc1ccccc1)C(=O)NC(Cc1ccccc1)C(=O)NC(Cc1ccccc1)C(=O)O. The van der Waals surface area contributed by atoms with Crippen LogP contribution in [0.5, 0.6) is 0 Å². The monoisotopic (exact) mass is 590 g/mol. The molecule has 3 amide bonds. The van der Waals surface area contributed by atoms with Gasteiger partial charge in [-0.25, -0.2) is 4.79 Å². The van der Waals surface area contributed by atoms with Gasteiger partial charge in [-0.1, -0.05) is 91.0 Å². The zero-order chi connectivity index (χ0) is 30.3. The molecule has 0 aromatic heterocycles. The van der Waals surface area contributed by atoms with Crippen LogP contribution in [0.2, 0.25) is 0 Å². The molecule has 0 aliphatic rings. The molecule has 9 nitrogen and oxygen atoms in total. The molecule has 0 radical (unpaired) electrons. The summed E-state index contributed by atoms with van der Waals surface area (Å²) >= 11 is 1.52. The third kappa shape index (κ3) is 10.7. The van der Waals surface area contributed by atoms with Gasteiger partial charge >= 0.3 is 5.97 Å². The van der Waals surface area contributed by atoms with Crippen molar-refractivity contribution in [2.45, 2.75) is 49.9 Å². The molecule has 0 aliphatic heterocycles. The number of carbonyl (C=O) groups excluding carboxylic acids is 3. The summed E-state index contributed by atoms with van der Waals surface area (Å²) in [4.78, 5) is 52.0. The molecular weight excluding hydrogens is 552 g/mol. The number of benzene rings is 3. The number of carboxylic acids is 1. The minimum Gasteiger partial charge on any atom is -0.480 e. The van der Waals surface area contributed by atoms with Crippen molar-refractivity contribution < 1.29 is 24.3 Å². The molecule has 222 valence electrons. The predicted molar refractivity (Wildman–Crippen MR) is 165 cm³/mol. The van der Waals surface area contributed by atoms with Crippen molar-refractivity contribution in [2.75, 3.05) is 12.0 Å². The highest BCUT2D eigenvalue weighted by atomic mass is 32.2. The van der Waals surface area contributed by atoms with Crippen LogP contribution in [-0.4, -0.2) is 65.0 Å². The van der Waals surface area contributed by atoms with E-state index in [9.17, 15) is 24.3 Å². The van der Waals surface area contributed by atoms with E-state index < -0.39 is 47.9 Å². The van der Waals surface area contributed by atoms with Crippen LogP contribution in [0.1, 0.15) is 23.1 Å². The summed E-state index contributed by atoms with van der Waals surface area (Å²) in [5.74, 6) is -2.26. The standard InChI is InChI=1S/C32H38N4O5S/c1-42-18-17-26(34-29(37)25(33)19-22-11-5-2-6-12-22)30(38)35-27(20-23-13-7-3-8-14-23)31(39)36-28(32(40)41)21-24-15-9-4-10-16-24/h2-16,25-28H,17-21,33H2,1H3,(H,34,37)(H,35,38)(H,36,39)(H,40,41). The summed E-state index contributed by atoms with van der Waals surface area (Å²) < 4.78 is 0. The number of nitrogens with one attached hydrogen (secondary N) is 3. The first-order chi connectivity index (χ1) is 20.3. The lowest BCUT2D eigenvalue weighted by Crippen LogP contribution is -2.58. The molecule has 0 aliphatic carbocycles. The Hall–Kier alpha value is -4.15. The Morgan fingerprint density at radius 2 is 1.05 bits per heavy atom. The second-order valence-electron chi connectivity index (χ2n) is 9.98. The topological polar surface area (TPSA) is 151 Å². The van der Waals surface area contributed by atoms with Gasteiger partial charge < -0.3 is 26.8 Å². The molecule has 0 bridgehead atoms. The van der Waals surface area contributed by atoms with Gasteiger partial charge in [0, 0.05) is 12.8 Å². The quantitative estimate of drug-likeness (QED) is 0.172. The van der Waals surface area contributed by atoms with Crippen LogP contribution in [0.3, 0.4) is 0 Å². The van der Waals surface area contributed by atoms with Crippen molar-refractivity contribution in [3.8, 4) is 0 Å². The van der Waals surface area contributed by atoms with E-state index in [0.29, 0.717) is 18.6 Å². The number of nitrogens with two attached hydrogens (primary N) is 1. The van der Waals surface area contributed by atoms with Gasteiger partial charge in [0.2, 0.25) is 17.7 Å². The molecule has 0 fully saturated rings. The summed E-state index contributed by atoms with van der Waals surface area (Å²) in [5, 5.41) is 17.9. The highest BCUT2D eigenvalue weighted by molar-refractivity contribution is 7.98. The van der Waals surface area contributed by atoms with Crippen LogP contribution in [0.25, 0.3) is 0 Å². The van der Waals surface area contributed by atoms with Crippen molar-refractivity contribution in [1.82, 2.24) is 16.0 Å². The maximum absolute atomic E-state index is 13.5. The smallest absolute Gasteiger partial charge is 0.326 e. The molecule has 42 heavy (non-hydrogen) atoms. The second-order valence-corrected chi connectivity index (χ2v) is 11.0. The molecule has 3 rings (SSSR count). The lowest BCUT2D eigenvalue weighted by atomic mass is 10.0. The van der Waals surface area contributed by atoms with Gasteiger partial charge in [0.05, 0.1) is 6.04 Å². The highest BCUT2D eigenvalue weighted by Gasteiger charge is 2.30. The van der Waals surface area contributed by atoms with Gasteiger partial charge in [0.15, 0.2) is 0 Å². The number of thioether (sulfide) groups is 1. The minimum atomic E-state index is -1.20. The fourth-order valence-corrected chi connectivity index (χ4v) is 4.87. The van der Waals surface area contributed by atoms with E-state index in [2.05, 4.69) is 16.0 Å². The number of aliphatic carboxylic acids is 1. The normalized spacial score (nSPS) is 13.7. The number of carbonyl (C=O) groups is 4. The molecule has 3 aromatic rings. The van der Waals surface area contributed by atoms with Crippen molar-refractivity contribution in [2.24, 2.45) is 5.73 Å². The zero-order valence-corrected chi connectivity index (χ0v) is 24.4. The van der Waals surface area contributed by atoms with E-state index in [-0.39, 0.29) is 12.8 Å². The maximum Gasteiger partial charge on any atom is 0.326 e. The first kappa shape index (κ1) is 32.4. The van der Waals surface area contributed by atoms with Gasteiger partial charge in [-0.3, -0.25) is 14.4 Å². The Kier molecular flexibility index (Phi) is 13.1. The minimum absolute atomic E-state index is 0.0830. The van der Waals surface area contributed by atoms with Gasteiger partial charge in [-0.2, -0.15) is 11.8 Å². The average molecular weight is 591 g/mol. The Balaban J connectivity index is 1.75. The maximum atomic E-state index is 13.5. The van der Waals surface area contributed by atoms with Crippen LogP contribution >= 0.6 is 11.8 Å². The van der Waals surface area contributed by atoms with Gasteiger partial charge in [-0.05, 0) is 41.5 Å². The molecule has 4 atom stereocenters. The van der Waals surface area contributed by atoms with Crippen molar-refractivity contribution >= 4 is 35.5 Å². The van der Waals surface area contributed by atoms with Gasteiger partial charge in [-0.15, -0.1) is 0 Å². The van der Waals surface area contributed by atoms with Crippen LogP contribution in [0.15, 0.2) is 91.0 Å². The van der Waals surface area contributed by atoms with E-state index in [1.807, 2.05) is 73.0 Å². The predicted octanol–water partition coefficient (Wildman–Crippen LogP) is 2.33. The Bertz CT molecular complexity index is 1290. The van der Waals surface area contributed by atoms with Crippen molar-refractivity contribution in [3.63, 3.8) is 0 Å². The molecule has 0 saturated carbocycles. The summed E-state index contributed by atoms with van der Waals surface area (Å²) in [7, 11) is 0. The summed E-state index contributed by atoms with van der Waals surface area (Å²) in [6.45, 7) is 0. The Labute approximate surface area is 250 Å². The first-order valence-electron chi connectivity index (χ1n) is 13.8. The Morgan fingerprint density at radius 3 is 1.52 bits per heavy atom. The molecule has 10 heteroatoms. The van der Waals surface area contributed by atoms with E-state index >= 15 is 0 Å². The summed E-state index contributed by atoms with van der Waals surface area (Å²) in [6.07, 6.45) is 2.73. The van der Waals surface area contributed by atoms with Gasteiger partial charge in [0.25, 0.3) is 0 Å². The molecule has 0 saturated heterocycles. The fraction of sp³-hybridized carbons (Fsp3) is 0.312.